The fourth-order valence-corrected chi connectivity index (χ4v) is 2.31. The lowest BCUT2D eigenvalue weighted by atomic mass is 10.0. The molecule has 0 aromatic heterocycles. The lowest BCUT2D eigenvalue weighted by Crippen LogP contribution is -2.42. The van der Waals surface area contributed by atoms with Gasteiger partial charge in [-0.1, -0.05) is 18.2 Å². The van der Waals surface area contributed by atoms with Gasteiger partial charge >= 0.3 is 0 Å². The summed E-state index contributed by atoms with van der Waals surface area (Å²) < 4.78 is 11.1. The summed E-state index contributed by atoms with van der Waals surface area (Å²) in [7, 11) is 1.71. The highest BCUT2D eigenvalue weighted by Gasteiger charge is 2.22. The Hall–Kier alpha value is -1.75. The molecular weight excluding hydrogens is 278 g/mol. The zero-order valence-electron chi connectivity index (χ0n) is 14.0. The number of ether oxygens (including phenoxy) is 2. The van der Waals surface area contributed by atoms with E-state index in [4.69, 9.17) is 9.47 Å². The van der Waals surface area contributed by atoms with Crippen LogP contribution in [0, 0.1) is 0 Å². The van der Waals surface area contributed by atoms with Crippen molar-refractivity contribution < 1.29 is 9.47 Å². The molecule has 0 saturated carbocycles. The van der Waals surface area contributed by atoms with E-state index in [2.05, 4.69) is 28.6 Å². The molecule has 1 aliphatic rings. The van der Waals surface area contributed by atoms with Gasteiger partial charge in [-0.15, -0.1) is 0 Å². The zero-order valence-corrected chi connectivity index (χ0v) is 14.0. The molecule has 5 nitrogen and oxygen atoms in total. The van der Waals surface area contributed by atoms with E-state index < -0.39 is 0 Å². The van der Waals surface area contributed by atoms with Crippen molar-refractivity contribution in [1.82, 2.24) is 10.6 Å². The Kier molecular flexibility index (Phi) is 5.66. The Morgan fingerprint density at radius 2 is 2.18 bits per heavy atom. The fraction of sp³-hybridized carbons (Fsp3) is 0.588. The van der Waals surface area contributed by atoms with Gasteiger partial charge in [0.1, 0.15) is 5.75 Å². The van der Waals surface area contributed by atoms with E-state index in [1.54, 1.807) is 7.11 Å². The second-order valence-corrected chi connectivity index (χ2v) is 6.03. The van der Waals surface area contributed by atoms with E-state index in [0.717, 1.165) is 31.3 Å². The van der Waals surface area contributed by atoms with Crippen LogP contribution in [0.25, 0.3) is 0 Å². The van der Waals surface area contributed by atoms with E-state index in [1.165, 1.54) is 5.56 Å². The third kappa shape index (κ3) is 4.37. The first kappa shape index (κ1) is 16.6. The van der Waals surface area contributed by atoms with Crippen molar-refractivity contribution in [2.45, 2.75) is 38.8 Å². The van der Waals surface area contributed by atoms with Crippen molar-refractivity contribution in [3.05, 3.63) is 29.8 Å². The van der Waals surface area contributed by atoms with E-state index in [-0.39, 0.29) is 11.6 Å². The summed E-state index contributed by atoms with van der Waals surface area (Å²) in [5, 5.41) is 6.81. The van der Waals surface area contributed by atoms with Crippen LogP contribution in [0.1, 0.15) is 38.8 Å². The van der Waals surface area contributed by atoms with E-state index >= 15 is 0 Å². The molecule has 2 rings (SSSR count). The van der Waals surface area contributed by atoms with Gasteiger partial charge in [0.25, 0.3) is 0 Å². The molecule has 1 aromatic rings. The SMILES string of the molecule is CCNC(=NCC(C)(C)OC)NC1CCOc2ccccc21. The minimum atomic E-state index is -0.268. The number of methoxy groups -OCH3 is 1. The van der Waals surface area contributed by atoms with Crippen molar-refractivity contribution >= 4 is 5.96 Å². The average Bonchev–Trinajstić information content (AvgIpc) is 2.53. The third-order valence-corrected chi connectivity index (χ3v) is 3.78. The first-order chi connectivity index (χ1) is 10.6. The van der Waals surface area contributed by atoms with Gasteiger partial charge < -0.3 is 20.1 Å². The second-order valence-electron chi connectivity index (χ2n) is 6.03. The smallest absolute Gasteiger partial charge is 0.191 e. The van der Waals surface area contributed by atoms with Gasteiger partial charge in [0, 0.05) is 25.6 Å². The first-order valence-electron chi connectivity index (χ1n) is 7.87. The maximum Gasteiger partial charge on any atom is 0.191 e. The lowest BCUT2D eigenvalue weighted by molar-refractivity contribution is 0.0310. The standard InChI is InChI=1S/C17H27N3O2/c1-5-18-16(19-12-17(2,3)21-4)20-14-10-11-22-15-9-7-6-8-13(14)15/h6-9,14H,5,10-12H2,1-4H3,(H2,18,19,20). The largest absolute Gasteiger partial charge is 0.493 e. The van der Waals surface area contributed by atoms with Crippen LogP contribution in [0.5, 0.6) is 5.75 Å². The highest BCUT2D eigenvalue weighted by Crippen LogP contribution is 2.31. The third-order valence-electron chi connectivity index (χ3n) is 3.78. The predicted molar refractivity (Wildman–Crippen MR) is 89.5 cm³/mol. The normalized spacial score (nSPS) is 18.4. The molecule has 5 heteroatoms. The quantitative estimate of drug-likeness (QED) is 0.648. The Bertz CT molecular complexity index is 514. The summed E-state index contributed by atoms with van der Waals surface area (Å²) in [5.41, 5.74) is 0.918. The molecule has 1 aromatic carbocycles. The molecule has 0 saturated heterocycles. The highest BCUT2D eigenvalue weighted by atomic mass is 16.5. The van der Waals surface area contributed by atoms with Crippen LogP contribution in [-0.2, 0) is 4.74 Å². The van der Waals surface area contributed by atoms with Crippen molar-refractivity contribution in [2.24, 2.45) is 4.99 Å². The van der Waals surface area contributed by atoms with Crippen LogP contribution in [-0.4, -0.2) is 38.4 Å². The number of hydrogen-bond acceptors (Lipinski definition) is 3. The summed E-state index contributed by atoms with van der Waals surface area (Å²) in [6, 6.07) is 8.38. The molecule has 0 radical (unpaired) electrons. The van der Waals surface area contributed by atoms with Gasteiger partial charge in [0.15, 0.2) is 5.96 Å². The fourth-order valence-electron chi connectivity index (χ4n) is 2.31. The van der Waals surface area contributed by atoms with E-state index in [0.29, 0.717) is 6.54 Å². The van der Waals surface area contributed by atoms with Crippen molar-refractivity contribution in [2.75, 3.05) is 26.8 Å². The van der Waals surface area contributed by atoms with Crippen LogP contribution in [0.15, 0.2) is 29.3 Å². The second kappa shape index (κ2) is 7.49. The van der Waals surface area contributed by atoms with Crippen LogP contribution in [0.2, 0.25) is 0 Å². The summed E-state index contributed by atoms with van der Waals surface area (Å²) in [6.45, 7) is 8.27. The molecule has 1 aliphatic heterocycles. The van der Waals surface area contributed by atoms with Crippen molar-refractivity contribution in [3.8, 4) is 5.75 Å². The topological polar surface area (TPSA) is 54.9 Å². The maximum atomic E-state index is 5.71. The molecule has 0 spiro atoms. The summed E-state index contributed by atoms with van der Waals surface area (Å²) in [5.74, 6) is 1.77. The van der Waals surface area contributed by atoms with Crippen LogP contribution < -0.4 is 15.4 Å². The molecule has 1 atom stereocenters. The molecule has 22 heavy (non-hydrogen) atoms. The molecule has 1 unspecified atom stereocenters. The van der Waals surface area contributed by atoms with Gasteiger partial charge in [-0.3, -0.25) is 4.99 Å². The lowest BCUT2D eigenvalue weighted by Gasteiger charge is -2.28. The molecular formula is C17H27N3O2. The van der Waals surface area contributed by atoms with Gasteiger partial charge in [0.2, 0.25) is 0 Å². The number of guanidine groups is 1. The molecule has 0 fully saturated rings. The number of para-hydroxylation sites is 1. The van der Waals surface area contributed by atoms with E-state index in [1.807, 2.05) is 32.0 Å². The number of nitrogens with zero attached hydrogens (tertiary/aromatic N) is 1. The number of benzene rings is 1. The minimum absolute atomic E-state index is 0.216. The first-order valence-corrected chi connectivity index (χ1v) is 7.87. The summed E-state index contributed by atoms with van der Waals surface area (Å²) in [4.78, 5) is 4.65. The Balaban J connectivity index is 2.10. The van der Waals surface area contributed by atoms with Gasteiger partial charge in [0.05, 0.1) is 24.8 Å². The maximum absolute atomic E-state index is 5.71. The molecule has 1 heterocycles. The van der Waals surface area contributed by atoms with E-state index in [9.17, 15) is 0 Å². The Labute approximate surface area is 133 Å². The molecule has 0 bridgehead atoms. The molecule has 2 N–H and O–H groups in total. The predicted octanol–water partition coefficient (Wildman–Crippen LogP) is 2.49. The van der Waals surface area contributed by atoms with Gasteiger partial charge in [-0.05, 0) is 26.8 Å². The van der Waals surface area contributed by atoms with Crippen molar-refractivity contribution in [3.63, 3.8) is 0 Å². The van der Waals surface area contributed by atoms with Crippen LogP contribution in [0.3, 0.4) is 0 Å². The molecule has 0 aliphatic carbocycles. The Morgan fingerprint density at radius 1 is 1.41 bits per heavy atom. The number of fused-ring (bicyclic) bond motifs is 1. The van der Waals surface area contributed by atoms with Crippen LogP contribution in [0.4, 0.5) is 0 Å². The van der Waals surface area contributed by atoms with Crippen LogP contribution >= 0.6 is 0 Å². The summed E-state index contributed by atoms with van der Waals surface area (Å²) >= 11 is 0. The highest BCUT2D eigenvalue weighted by molar-refractivity contribution is 5.80. The molecule has 0 amide bonds. The average molecular weight is 305 g/mol. The Morgan fingerprint density at radius 3 is 2.91 bits per heavy atom. The molecule has 122 valence electrons. The number of rotatable bonds is 5. The minimum Gasteiger partial charge on any atom is -0.493 e. The van der Waals surface area contributed by atoms with Gasteiger partial charge in [-0.2, -0.15) is 0 Å². The zero-order chi connectivity index (χ0) is 16.0. The number of aliphatic imine (C=N–C) groups is 1. The number of hydrogen-bond donors (Lipinski definition) is 2. The summed E-state index contributed by atoms with van der Waals surface area (Å²) in [6.07, 6.45) is 0.926. The van der Waals surface area contributed by atoms with Gasteiger partial charge in [-0.25, -0.2) is 0 Å². The monoisotopic (exact) mass is 305 g/mol. The number of nitrogens with one attached hydrogen (secondary N) is 2. The van der Waals surface area contributed by atoms with Crippen molar-refractivity contribution in [1.29, 1.82) is 0 Å².